The van der Waals surface area contributed by atoms with E-state index < -0.39 is 0 Å². The third-order valence-electron chi connectivity index (χ3n) is 2.80. The lowest BCUT2D eigenvalue weighted by Crippen LogP contribution is -2.17. The van der Waals surface area contributed by atoms with E-state index in [-0.39, 0.29) is 5.97 Å². The Morgan fingerprint density at radius 2 is 2.19 bits per heavy atom. The summed E-state index contributed by atoms with van der Waals surface area (Å²) in [5, 5.41) is 3.27. The van der Waals surface area contributed by atoms with Gasteiger partial charge in [0, 0.05) is 12.2 Å². The van der Waals surface area contributed by atoms with E-state index in [1.54, 1.807) is 13.2 Å². The lowest BCUT2D eigenvalue weighted by atomic mass is 9.97. The number of carbonyl (C=O) groups is 1. The molecule has 0 fully saturated rings. The van der Waals surface area contributed by atoms with Crippen molar-refractivity contribution in [3.63, 3.8) is 0 Å². The van der Waals surface area contributed by atoms with Gasteiger partial charge in [-0.3, -0.25) is 0 Å². The van der Waals surface area contributed by atoms with Crippen LogP contribution in [0, 0.1) is 0 Å². The fourth-order valence-electron chi connectivity index (χ4n) is 2.04. The molecule has 1 aromatic carbocycles. The average molecular weight is 221 g/mol. The molecule has 0 saturated heterocycles. The van der Waals surface area contributed by atoms with Crippen molar-refractivity contribution in [2.75, 3.05) is 26.1 Å². The highest BCUT2D eigenvalue weighted by atomic mass is 16.5. The summed E-state index contributed by atoms with van der Waals surface area (Å²) in [5.74, 6) is 0.242. The first kappa shape index (κ1) is 10.8. The Morgan fingerprint density at radius 1 is 1.38 bits per heavy atom. The molecule has 0 bridgehead atoms. The molecular formula is C12H15NO3. The van der Waals surface area contributed by atoms with Gasteiger partial charge in [-0.2, -0.15) is 0 Å². The number of nitrogens with one attached hydrogen (secondary N) is 1. The van der Waals surface area contributed by atoms with Crippen LogP contribution in [-0.2, 0) is 11.2 Å². The third kappa shape index (κ3) is 1.71. The largest absolute Gasteiger partial charge is 0.496 e. The predicted molar refractivity (Wildman–Crippen MR) is 61.1 cm³/mol. The van der Waals surface area contributed by atoms with Crippen molar-refractivity contribution >= 4 is 11.7 Å². The van der Waals surface area contributed by atoms with Gasteiger partial charge >= 0.3 is 5.97 Å². The van der Waals surface area contributed by atoms with E-state index in [2.05, 4.69) is 5.32 Å². The number of benzene rings is 1. The minimum atomic E-state index is -0.336. The fourth-order valence-corrected chi connectivity index (χ4v) is 2.04. The van der Waals surface area contributed by atoms with E-state index in [1.165, 1.54) is 7.11 Å². The van der Waals surface area contributed by atoms with E-state index in [9.17, 15) is 4.79 Å². The molecule has 1 aromatic rings. The minimum Gasteiger partial charge on any atom is -0.496 e. The van der Waals surface area contributed by atoms with Crippen molar-refractivity contribution < 1.29 is 14.3 Å². The standard InChI is InChI=1S/C12H15NO3/c1-15-10-6-5-9-8(4-3-7-13-9)11(10)12(14)16-2/h5-6,13H,3-4,7H2,1-2H3. The number of anilines is 1. The number of fused-ring (bicyclic) bond motifs is 1. The van der Waals surface area contributed by atoms with Crippen LogP contribution >= 0.6 is 0 Å². The van der Waals surface area contributed by atoms with Crippen molar-refractivity contribution in [3.05, 3.63) is 23.3 Å². The van der Waals surface area contributed by atoms with Gasteiger partial charge in [-0.1, -0.05) is 0 Å². The van der Waals surface area contributed by atoms with Gasteiger partial charge in [0.15, 0.2) is 0 Å². The first-order valence-electron chi connectivity index (χ1n) is 5.30. The number of rotatable bonds is 2. The Hall–Kier alpha value is -1.71. The molecule has 0 atom stereocenters. The Labute approximate surface area is 94.6 Å². The molecule has 2 rings (SSSR count). The van der Waals surface area contributed by atoms with Gasteiger partial charge in [0.25, 0.3) is 0 Å². The maximum absolute atomic E-state index is 11.7. The SMILES string of the molecule is COC(=O)c1c(OC)ccc2c1CCCN2. The van der Waals surface area contributed by atoms with Gasteiger partial charge in [0.1, 0.15) is 11.3 Å². The summed E-state index contributed by atoms with van der Waals surface area (Å²) in [6.45, 7) is 0.944. The molecule has 0 amide bonds. The molecule has 4 heteroatoms. The molecular weight excluding hydrogens is 206 g/mol. The zero-order valence-electron chi connectivity index (χ0n) is 9.50. The van der Waals surface area contributed by atoms with Gasteiger partial charge in [-0.05, 0) is 30.5 Å². The monoisotopic (exact) mass is 221 g/mol. The molecule has 1 aliphatic heterocycles. The summed E-state index contributed by atoms with van der Waals surface area (Å²) >= 11 is 0. The summed E-state index contributed by atoms with van der Waals surface area (Å²) in [4.78, 5) is 11.7. The molecule has 86 valence electrons. The normalized spacial score (nSPS) is 13.6. The molecule has 1 N–H and O–H groups in total. The smallest absolute Gasteiger partial charge is 0.342 e. The number of methoxy groups -OCH3 is 2. The molecule has 0 aliphatic carbocycles. The molecule has 0 unspecified atom stereocenters. The molecule has 0 aromatic heterocycles. The van der Waals surface area contributed by atoms with E-state index in [1.807, 2.05) is 6.07 Å². The molecule has 0 saturated carbocycles. The van der Waals surface area contributed by atoms with Crippen LogP contribution in [0.25, 0.3) is 0 Å². The number of carbonyl (C=O) groups excluding carboxylic acids is 1. The highest BCUT2D eigenvalue weighted by Gasteiger charge is 2.22. The summed E-state index contributed by atoms with van der Waals surface area (Å²) < 4.78 is 10.0. The summed E-state index contributed by atoms with van der Waals surface area (Å²) in [7, 11) is 2.95. The maximum atomic E-state index is 11.7. The molecule has 0 spiro atoms. The topological polar surface area (TPSA) is 47.6 Å². The Kier molecular flexibility index (Phi) is 2.99. The van der Waals surface area contributed by atoms with Gasteiger partial charge in [0.2, 0.25) is 0 Å². The molecule has 1 aliphatic rings. The van der Waals surface area contributed by atoms with Crippen molar-refractivity contribution in [2.24, 2.45) is 0 Å². The van der Waals surface area contributed by atoms with Crippen molar-refractivity contribution in [1.82, 2.24) is 0 Å². The van der Waals surface area contributed by atoms with Crippen LogP contribution in [0.3, 0.4) is 0 Å². The second-order valence-corrected chi connectivity index (χ2v) is 3.69. The Morgan fingerprint density at radius 3 is 2.88 bits per heavy atom. The first-order valence-corrected chi connectivity index (χ1v) is 5.30. The summed E-state index contributed by atoms with van der Waals surface area (Å²) in [5.41, 5.74) is 2.56. The lowest BCUT2D eigenvalue weighted by Gasteiger charge is -2.21. The number of hydrogen-bond donors (Lipinski definition) is 1. The highest BCUT2D eigenvalue weighted by molar-refractivity contribution is 5.96. The zero-order valence-corrected chi connectivity index (χ0v) is 9.50. The molecule has 0 radical (unpaired) electrons. The van der Waals surface area contributed by atoms with Crippen molar-refractivity contribution in [2.45, 2.75) is 12.8 Å². The quantitative estimate of drug-likeness (QED) is 0.774. The molecule has 1 heterocycles. The summed E-state index contributed by atoms with van der Waals surface area (Å²) in [6.07, 6.45) is 1.90. The lowest BCUT2D eigenvalue weighted by molar-refractivity contribution is 0.0595. The van der Waals surface area contributed by atoms with Crippen LogP contribution < -0.4 is 10.1 Å². The van der Waals surface area contributed by atoms with Crippen LogP contribution in [0.5, 0.6) is 5.75 Å². The van der Waals surface area contributed by atoms with E-state index >= 15 is 0 Å². The maximum Gasteiger partial charge on any atom is 0.342 e. The number of hydrogen-bond acceptors (Lipinski definition) is 4. The van der Waals surface area contributed by atoms with Crippen LogP contribution in [0.4, 0.5) is 5.69 Å². The van der Waals surface area contributed by atoms with Crippen LogP contribution in [0.15, 0.2) is 12.1 Å². The van der Waals surface area contributed by atoms with E-state index in [4.69, 9.17) is 9.47 Å². The van der Waals surface area contributed by atoms with Gasteiger partial charge < -0.3 is 14.8 Å². The van der Waals surface area contributed by atoms with Crippen molar-refractivity contribution in [3.8, 4) is 5.75 Å². The third-order valence-corrected chi connectivity index (χ3v) is 2.80. The Balaban J connectivity index is 2.56. The van der Waals surface area contributed by atoms with Crippen LogP contribution in [0.2, 0.25) is 0 Å². The average Bonchev–Trinajstić information content (AvgIpc) is 2.36. The molecule has 16 heavy (non-hydrogen) atoms. The van der Waals surface area contributed by atoms with E-state index in [0.29, 0.717) is 11.3 Å². The zero-order chi connectivity index (χ0) is 11.5. The van der Waals surface area contributed by atoms with Gasteiger partial charge in [0.05, 0.1) is 14.2 Å². The Bertz CT molecular complexity index is 415. The number of ether oxygens (including phenoxy) is 2. The second-order valence-electron chi connectivity index (χ2n) is 3.69. The van der Waals surface area contributed by atoms with E-state index in [0.717, 1.165) is 30.6 Å². The predicted octanol–water partition coefficient (Wildman–Crippen LogP) is 1.84. The van der Waals surface area contributed by atoms with Gasteiger partial charge in [-0.15, -0.1) is 0 Å². The summed E-state index contributed by atoms with van der Waals surface area (Å²) in [6, 6.07) is 3.74. The second kappa shape index (κ2) is 4.43. The van der Waals surface area contributed by atoms with Gasteiger partial charge in [-0.25, -0.2) is 4.79 Å². The van der Waals surface area contributed by atoms with Crippen molar-refractivity contribution in [1.29, 1.82) is 0 Å². The first-order chi connectivity index (χ1) is 7.77. The van der Waals surface area contributed by atoms with Crippen LogP contribution in [-0.4, -0.2) is 26.7 Å². The van der Waals surface area contributed by atoms with Crippen LogP contribution in [0.1, 0.15) is 22.3 Å². The minimum absolute atomic E-state index is 0.336. The fraction of sp³-hybridized carbons (Fsp3) is 0.417. The highest BCUT2D eigenvalue weighted by Crippen LogP contribution is 2.32. The molecule has 4 nitrogen and oxygen atoms in total. The number of esters is 1.